The SMILES string of the molecule is CCCOC(=O)O[C@H]1CC[C@@]2(C)C(=CC[C@H]3[C@@H]4CC[C@H]([C@@H](C)CCCC(C)C)[C@@]4(C)CC[C@@H]32)C1. The molecule has 0 heterocycles. The predicted octanol–water partition coefficient (Wildman–Crippen LogP) is 8.96. The van der Waals surface area contributed by atoms with Crippen LogP contribution in [0.15, 0.2) is 11.6 Å². The number of fused-ring (bicyclic) bond motifs is 5. The highest BCUT2D eigenvalue weighted by Crippen LogP contribution is 2.67. The maximum atomic E-state index is 12.0. The van der Waals surface area contributed by atoms with Crippen molar-refractivity contribution in [1.29, 1.82) is 0 Å². The van der Waals surface area contributed by atoms with Crippen molar-refractivity contribution in [3.8, 4) is 0 Å². The van der Waals surface area contributed by atoms with Gasteiger partial charge in [0.15, 0.2) is 0 Å². The molecule has 0 aromatic carbocycles. The molecule has 0 aliphatic heterocycles. The second-order valence-corrected chi connectivity index (χ2v) is 13.4. The van der Waals surface area contributed by atoms with Gasteiger partial charge in [0.25, 0.3) is 0 Å². The van der Waals surface area contributed by atoms with E-state index in [0.717, 1.165) is 61.2 Å². The van der Waals surface area contributed by atoms with Crippen molar-refractivity contribution in [2.24, 2.45) is 46.3 Å². The molecule has 0 spiro atoms. The van der Waals surface area contributed by atoms with Crippen LogP contribution in [0, 0.1) is 46.3 Å². The zero-order valence-corrected chi connectivity index (χ0v) is 23.0. The lowest BCUT2D eigenvalue weighted by Crippen LogP contribution is -2.51. The Morgan fingerprint density at radius 3 is 2.59 bits per heavy atom. The Balaban J connectivity index is 1.41. The molecule has 3 fully saturated rings. The van der Waals surface area contributed by atoms with Crippen molar-refractivity contribution in [1.82, 2.24) is 0 Å². The minimum Gasteiger partial charge on any atom is -0.434 e. The van der Waals surface area contributed by atoms with Crippen molar-refractivity contribution >= 4 is 6.16 Å². The highest BCUT2D eigenvalue weighted by molar-refractivity contribution is 5.60. The largest absolute Gasteiger partial charge is 0.508 e. The van der Waals surface area contributed by atoms with Crippen LogP contribution >= 0.6 is 0 Å². The van der Waals surface area contributed by atoms with E-state index >= 15 is 0 Å². The van der Waals surface area contributed by atoms with Gasteiger partial charge in [-0.2, -0.15) is 0 Å². The quantitative estimate of drug-likeness (QED) is 0.261. The maximum absolute atomic E-state index is 12.0. The van der Waals surface area contributed by atoms with E-state index in [4.69, 9.17) is 9.47 Å². The monoisotopic (exact) mass is 472 g/mol. The van der Waals surface area contributed by atoms with Gasteiger partial charge in [-0.1, -0.05) is 72.5 Å². The van der Waals surface area contributed by atoms with Gasteiger partial charge in [0, 0.05) is 6.42 Å². The third-order valence-electron chi connectivity index (χ3n) is 10.9. The molecule has 0 unspecified atom stereocenters. The van der Waals surface area contributed by atoms with Crippen molar-refractivity contribution in [3.63, 3.8) is 0 Å². The molecule has 34 heavy (non-hydrogen) atoms. The minimum absolute atomic E-state index is 0.00311. The first-order valence-corrected chi connectivity index (χ1v) is 14.7. The van der Waals surface area contributed by atoms with E-state index < -0.39 is 6.16 Å². The van der Waals surface area contributed by atoms with Crippen LogP contribution in [0.1, 0.15) is 119 Å². The van der Waals surface area contributed by atoms with Crippen LogP contribution in [0.4, 0.5) is 4.79 Å². The molecule has 0 amide bonds. The normalized spacial score (nSPS) is 40.1. The minimum atomic E-state index is -0.474. The molecule has 3 nitrogen and oxygen atoms in total. The van der Waals surface area contributed by atoms with E-state index in [-0.39, 0.29) is 6.10 Å². The molecule has 4 aliphatic carbocycles. The fourth-order valence-electron chi connectivity index (χ4n) is 9.11. The third-order valence-corrected chi connectivity index (χ3v) is 10.9. The van der Waals surface area contributed by atoms with Gasteiger partial charge in [-0.15, -0.1) is 0 Å². The summed E-state index contributed by atoms with van der Waals surface area (Å²) in [5, 5.41) is 0. The van der Waals surface area contributed by atoms with Crippen molar-refractivity contribution in [2.45, 2.75) is 125 Å². The first kappa shape index (κ1) is 26.1. The van der Waals surface area contributed by atoms with Crippen LogP contribution < -0.4 is 0 Å². The number of allylic oxidation sites excluding steroid dienone is 1. The standard InChI is InChI=1S/C31H52O3/c1-7-19-33-29(32)34-24-15-17-30(5)23(20-24)11-12-25-27-14-13-26(22(4)10-8-9-21(2)3)31(27,6)18-16-28(25)30/h11,21-22,24-28H,7-10,12-20H2,1-6H3/t22-,24-,25-,26+,27-,28-,30-,31+/m0/s1. The first-order valence-electron chi connectivity index (χ1n) is 14.7. The zero-order chi connectivity index (χ0) is 24.5. The van der Waals surface area contributed by atoms with Gasteiger partial charge in [-0.25, -0.2) is 4.79 Å². The fraction of sp³-hybridized carbons (Fsp3) is 0.903. The Bertz CT molecular complexity index is 741. The molecule has 8 atom stereocenters. The summed E-state index contributed by atoms with van der Waals surface area (Å²) in [5.74, 6) is 5.19. The highest BCUT2D eigenvalue weighted by atomic mass is 16.7. The van der Waals surface area contributed by atoms with Crippen LogP contribution in [0.2, 0.25) is 0 Å². The Kier molecular flexibility index (Phi) is 8.10. The van der Waals surface area contributed by atoms with Crippen molar-refractivity contribution in [3.05, 3.63) is 11.6 Å². The number of carbonyl (C=O) groups is 1. The molecular weight excluding hydrogens is 420 g/mol. The number of carbonyl (C=O) groups excluding carboxylic acids is 1. The van der Waals surface area contributed by atoms with Gasteiger partial charge in [0.1, 0.15) is 6.10 Å². The number of ether oxygens (including phenoxy) is 2. The third kappa shape index (κ3) is 4.96. The van der Waals surface area contributed by atoms with E-state index in [1.165, 1.54) is 51.4 Å². The average molecular weight is 473 g/mol. The lowest BCUT2D eigenvalue weighted by Gasteiger charge is -2.58. The summed E-state index contributed by atoms with van der Waals surface area (Å²) < 4.78 is 10.9. The van der Waals surface area contributed by atoms with Gasteiger partial charge in [-0.05, 0) is 97.7 Å². The number of hydrogen-bond donors (Lipinski definition) is 0. The smallest absolute Gasteiger partial charge is 0.434 e. The highest BCUT2D eigenvalue weighted by Gasteiger charge is 2.59. The van der Waals surface area contributed by atoms with E-state index in [1.54, 1.807) is 5.57 Å². The topological polar surface area (TPSA) is 35.5 Å². The van der Waals surface area contributed by atoms with Gasteiger partial charge in [0.2, 0.25) is 0 Å². The summed E-state index contributed by atoms with van der Waals surface area (Å²) in [6, 6.07) is 0. The molecule has 0 N–H and O–H groups in total. The van der Waals surface area contributed by atoms with Crippen molar-refractivity contribution < 1.29 is 14.3 Å². The zero-order valence-electron chi connectivity index (χ0n) is 23.0. The lowest BCUT2D eigenvalue weighted by atomic mass is 9.47. The molecule has 4 aliphatic rings. The van der Waals surface area contributed by atoms with E-state index in [9.17, 15) is 4.79 Å². The van der Waals surface area contributed by atoms with E-state index in [1.807, 2.05) is 6.92 Å². The summed E-state index contributed by atoms with van der Waals surface area (Å²) in [4.78, 5) is 12.0. The van der Waals surface area contributed by atoms with Crippen LogP contribution in [0.25, 0.3) is 0 Å². The number of hydrogen-bond acceptors (Lipinski definition) is 3. The van der Waals surface area contributed by atoms with E-state index in [2.05, 4.69) is 40.7 Å². The fourth-order valence-corrected chi connectivity index (χ4v) is 9.11. The van der Waals surface area contributed by atoms with Gasteiger partial charge < -0.3 is 9.47 Å². The first-order chi connectivity index (χ1) is 16.2. The van der Waals surface area contributed by atoms with Gasteiger partial charge >= 0.3 is 6.16 Å². The van der Waals surface area contributed by atoms with Crippen LogP contribution in [0.3, 0.4) is 0 Å². The van der Waals surface area contributed by atoms with Gasteiger partial charge in [0.05, 0.1) is 6.61 Å². The molecule has 0 aromatic rings. The molecule has 0 radical (unpaired) electrons. The molecular formula is C31H52O3. The Morgan fingerprint density at radius 2 is 1.85 bits per heavy atom. The van der Waals surface area contributed by atoms with Gasteiger partial charge in [-0.3, -0.25) is 0 Å². The number of rotatable bonds is 8. The van der Waals surface area contributed by atoms with E-state index in [0.29, 0.717) is 17.4 Å². The lowest BCUT2D eigenvalue weighted by molar-refractivity contribution is -0.0616. The van der Waals surface area contributed by atoms with Crippen LogP contribution in [-0.4, -0.2) is 18.9 Å². The summed E-state index contributed by atoms with van der Waals surface area (Å²) in [6.45, 7) is 15.0. The maximum Gasteiger partial charge on any atom is 0.508 e. The second-order valence-electron chi connectivity index (χ2n) is 13.4. The molecule has 194 valence electrons. The Labute approximate surface area is 209 Å². The van der Waals surface area contributed by atoms with Crippen LogP contribution in [0.5, 0.6) is 0 Å². The average Bonchev–Trinajstić information content (AvgIpc) is 3.15. The Hall–Kier alpha value is -0.990. The predicted molar refractivity (Wildman–Crippen MR) is 140 cm³/mol. The molecule has 3 heteroatoms. The molecule has 0 bridgehead atoms. The summed E-state index contributed by atoms with van der Waals surface area (Å²) in [5.41, 5.74) is 2.43. The molecule has 0 aromatic heterocycles. The summed E-state index contributed by atoms with van der Waals surface area (Å²) in [7, 11) is 0. The summed E-state index contributed by atoms with van der Waals surface area (Å²) in [6.07, 6.45) is 17.2. The van der Waals surface area contributed by atoms with Crippen LogP contribution in [-0.2, 0) is 9.47 Å². The molecule has 3 saturated carbocycles. The summed E-state index contributed by atoms with van der Waals surface area (Å²) >= 11 is 0. The molecule has 4 rings (SSSR count). The molecule has 0 saturated heterocycles. The second kappa shape index (κ2) is 10.6. The Morgan fingerprint density at radius 1 is 1.06 bits per heavy atom. The van der Waals surface area contributed by atoms with Crippen molar-refractivity contribution in [2.75, 3.05) is 6.61 Å².